The average molecular weight is 289 g/mol. The minimum Gasteiger partial charge on any atom is -0.465 e. The first-order chi connectivity index (χ1) is 8.79. The van der Waals surface area contributed by atoms with Crippen molar-refractivity contribution in [3.63, 3.8) is 0 Å². The van der Waals surface area contributed by atoms with Crippen molar-refractivity contribution in [3.05, 3.63) is 17.1 Å². The molecule has 1 rings (SSSR count). The molecule has 0 atom stereocenters. The Balaban J connectivity index is 2.83. The monoisotopic (exact) mass is 289 g/mol. The van der Waals surface area contributed by atoms with Crippen LogP contribution in [0.5, 0.6) is 0 Å². The molecular formula is C13H23NO4S. The summed E-state index contributed by atoms with van der Waals surface area (Å²) in [6.45, 7) is 7.50. The number of aliphatic hydroxyl groups is 1. The fourth-order valence-electron chi connectivity index (χ4n) is 2.03. The topological polar surface area (TPSA) is 79.5 Å². The van der Waals surface area contributed by atoms with Gasteiger partial charge in [0, 0.05) is 12.1 Å². The van der Waals surface area contributed by atoms with E-state index in [-0.39, 0.29) is 11.5 Å². The molecule has 0 amide bonds. The van der Waals surface area contributed by atoms with E-state index in [0.717, 1.165) is 12.8 Å². The molecule has 0 aliphatic heterocycles. The molecule has 0 aromatic carbocycles. The lowest BCUT2D eigenvalue weighted by Crippen LogP contribution is -2.26. The number of nitrogens with one attached hydrogen (secondary N) is 1. The number of hydrogen-bond acceptors (Lipinski definition) is 4. The largest absolute Gasteiger partial charge is 0.465 e. The van der Waals surface area contributed by atoms with E-state index in [1.165, 1.54) is 0 Å². The molecule has 0 spiro atoms. The summed E-state index contributed by atoms with van der Waals surface area (Å²) >= 11 is 0. The summed E-state index contributed by atoms with van der Waals surface area (Å²) in [6, 6.07) is 0. The lowest BCUT2D eigenvalue weighted by Gasteiger charge is -2.08. The molecule has 0 saturated carbocycles. The summed E-state index contributed by atoms with van der Waals surface area (Å²) in [5, 5.41) is 9.27. The van der Waals surface area contributed by atoms with Crippen LogP contribution in [0.1, 0.15) is 43.8 Å². The number of aryl methyl sites for hydroxylation is 2. The van der Waals surface area contributed by atoms with E-state index in [1.54, 1.807) is 13.8 Å². The molecule has 1 aromatic heterocycles. The molecule has 0 saturated heterocycles. The molecule has 19 heavy (non-hydrogen) atoms. The van der Waals surface area contributed by atoms with Crippen molar-refractivity contribution in [2.45, 2.75) is 52.0 Å². The highest BCUT2D eigenvalue weighted by Crippen LogP contribution is 2.26. The van der Waals surface area contributed by atoms with Crippen molar-refractivity contribution in [2.75, 3.05) is 6.54 Å². The van der Waals surface area contributed by atoms with Gasteiger partial charge in [-0.25, -0.2) is 13.1 Å². The van der Waals surface area contributed by atoms with Crippen LogP contribution in [0.25, 0.3) is 0 Å². The third-order valence-corrected chi connectivity index (χ3v) is 4.66. The molecule has 6 heteroatoms. The normalized spacial score (nSPS) is 12.3. The molecule has 0 aliphatic carbocycles. The van der Waals surface area contributed by atoms with Crippen LogP contribution in [0, 0.1) is 19.8 Å². The summed E-state index contributed by atoms with van der Waals surface area (Å²) in [7, 11) is -3.61. The highest BCUT2D eigenvalue weighted by atomic mass is 32.2. The van der Waals surface area contributed by atoms with Gasteiger partial charge < -0.3 is 9.52 Å². The molecule has 0 bridgehead atoms. The first-order valence-electron chi connectivity index (χ1n) is 6.49. The summed E-state index contributed by atoms with van der Waals surface area (Å²) in [6.07, 6.45) is 1.76. The Hall–Kier alpha value is -0.850. The van der Waals surface area contributed by atoms with Crippen molar-refractivity contribution in [1.29, 1.82) is 0 Å². The van der Waals surface area contributed by atoms with Gasteiger partial charge in [-0.05, 0) is 32.6 Å². The maximum absolute atomic E-state index is 12.2. The van der Waals surface area contributed by atoms with E-state index in [4.69, 9.17) is 4.42 Å². The Morgan fingerprint density at radius 3 is 2.42 bits per heavy atom. The standard InChI is InChI=1S/C13H23NO4S/c1-9(2)6-5-7-14-19(16,17)13-11(4)18-10(3)12(13)8-15/h9,14-15H,5-8H2,1-4H3. The Labute approximate surface area is 115 Å². The van der Waals surface area contributed by atoms with Crippen LogP contribution in [0.15, 0.2) is 9.31 Å². The lowest BCUT2D eigenvalue weighted by atomic mass is 10.1. The minimum atomic E-state index is -3.61. The van der Waals surface area contributed by atoms with E-state index in [9.17, 15) is 13.5 Å². The van der Waals surface area contributed by atoms with E-state index < -0.39 is 10.0 Å². The zero-order chi connectivity index (χ0) is 14.6. The van der Waals surface area contributed by atoms with Gasteiger partial charge in [0.15, 0.2) is 0 Å². The van der Waals surface area contributed by atoms with Gasteiger partial charge in [0.2, 0.25) is 10.0 Å². The Morgan fingerprint density at radius 2 is 1.89 bits per heavy atom. The smallest absolute Gasteiger partial charge is 0.244 e. The van der Waals surface area contributed by atoms with E-state index in [2.05, 4.69) is 18.6 Å². The highest BCUT2D eigenvalue weighted by Gasteiger charge is 2.25. The van der Waals surface area contributed by atoms with E-state index in [0.29, 0.717) is 29.5 Å². The van der Waals surface area contributed by atoms with Gasteiger partial charge in [-0.1, -0.05) is 13.8 Å². The average Bonchev–Trinajstić information content (AvgIpc) is 2.59. The summed E-state index contributed by atoms with van der Waals surface area (Å²) in [5.41, 5.74) is 0.342. The molecule has 2 N–H and O–H groups in total. The van der Waals surface area contributed by atoms with Crippen LogP contribution >= 0.6 is 0 Å². The summed E-state index contributed by atoms with van der Waals surface area (Å²) in [5.74, 6) is 1.32. The molecule has 0 fully saturated rings. The van der Waals surface area contributed by atoms with E-state index >= 15 is 0 Å². The van der Waals surface area contributed by atoms with Crippen LogP contribution < -0.4 is 4.72 Å². The predicted molar refractivity (Wildman–Crippen MR) is 73.4 cm³/mol. The van der Waals surface area contributed by atoms with Gasteiger partial charge in [-0.3, -0.25) is 0 Å². The van der Waals surface area contributed by atoms with Crippen LogP contribution in [0.4, 0.5) is 0 Å². The minimum absolute atomic E-state index is 0.0806. The van der Waals surface area contributed by atoms with Crippen LogP contribution in [-0.4, -0.2) is 20.1 Å². The molecule has 5 nitrogen and oxygen atoms in total. The molecular weight excluding hydrogens is 266 g/mol. The maximum atomic E-state index is 12.2. The van der Waals surface area contributed by atoms with Crippen molar-refractivity contribution >= 4 is 10.0 Å². The van der Waals surface area contributed by atoms with Crippen LogP contribution in [-0.2, 0) is 16.6 Å². The first kappa shape index (κ1) is 16.2. The second-order valence-corrected chi connectivity index (χ2v) is 6.82. The van der Waals surface area contributed by atoms with Gasteiger partial charge in [0.1, 0.15) is 16.4 Å². The zero-order valence-corrected chi connectivity index (χ0v) is 12.8. The number of hydrogen-bond donors (Lipinski definition) is 2. The van der Waals surface area contributed by atoms with Crippen LogP contribution in [0.3, 0.4) is 0 Å². The summed E-state index contributed by atoms with van der Waals surface area (Å²) in [4.78, 5) is 0.0806. The third-order valence-electron chi connectivity index (χ3n) is 3.00. The molecule has 1 heterocycles. The second kappa shape index (κ2) is 6.54. The zero-order valence-electron chi connectivity index (χ0n) is 12.0. The highest BCUT2D eigenvalue weighted by molar-refractivity contribution is 7.89. The third kappa shape index (κ3) is 4.06. The number of sulfonamides is 1. The Morgan fingerprint density at radius 1 is 1.26 bits per heavy atom. The van der Waals surface area contributed by atoms with Crippen molar-refractivity contribution in [3.8, 4) is 0 Å². The molecule has 0 unspecified atom stereocenters. The SMILES string of the molecule is Cc1oc(C)c(S(=O)(=O)NCCCC(C)C)c1CO. The number of furan rings is 1. The molecule has 110 valence electrons. The summed E-state index contributed by atoms with van der Waals surface area (Å²) < 4.78 is 32.3. The lowest BCUT2D eigenvalue weighted by molar-refractivity contribution is 0.276. The fourth-order valence-corrected chi connectivity index (χ4v) is 3.54. The van der Waals surface area contributed by atoms with Crippen LogP contribution in [0.2, 0.25) is 0 Å². The van der Waals surface area contributed by atoms with Gasteiger partial charge in [-0.15, -0.1) is 0 Å². The van der Waals surface area contributed by atoms with E-state index in [1.807, 2.05) is 0 Å². The molecule has 0 aliphatic rings. The van der Waals surface area contributed by atoms with Crippen molar-refractivity contribution in [2.24, 2.45) is 5.92 Å². The molecule has 1 aromatic rings. The second-order valence-electron chi connectivity index (χ2n) is 5.11. The Bertz CT molecular complexity index is 517. The van der Waals surface area contributed by atoms with Gasteiger partial charge in [0.25, 0.3) is 0 Å². The quantitative estimate of drug-likeness (QED) is 0.753. The molecule has 0 radical (unpaired) electrons. The Kier molecular flexibility index (Phi) is 5.58. The van der Waals surface area contributed by atoms with Gasteiger partial charge in [-0.2, -0.15) is 0 Å². The van der Waals surface area contributed by atoms with Crippen molar-refractivity contribution < 1.29 is 17.9 Å². The maximum Gasteiger partial charge on any atom is 0.244 e. The predicted octanol–water partition coefficient (Wildman–Crippen LogP) is 2.10. The van der Waals surface area contributed by atoms with Gasteiger partial charge in [0.05, 0.1) is 6.61 Å². The number of rotatable bonds is 7. The number of aliphatic hydroxyl groups excluding tert-OH is 1. The van der Waals surface area contributed by atoms with Gasteiger partial charge >= 0.3 is 0 Å². The van der Waals surface area contributed by atoms with Crippen molar-refractivity contribution in [1.82, 2.24) is 4.72 Å². The fraction of sp³-hybridized carbons (Fsp3) is 0.692. The first-order valence-corrected chi connectivity index (χ1v) is 7.97.